The van der Waals surface area contributed by atoms with Gasteiger partial charge < -0.3 is 5.32 Å². The van der Waals surface area contributed by atoms with Crippen LogP contribution in [0.5, 0.6) is 0 Å². The van der Waals surface area contributed by atoms with Gasteiger partial charge in [0.25, 0.3) is 10.0 Å². The second-order valence-electron chi connectivity index (χ2n) is 8.07. The average Bonchev–Trinajstić information content (AvgIpc) is 3.17. The lowest BCUT2D eigenvalue weighted by molar-refractivity contribution is -0.120. The summed E-state index contributed by atoms with van der Waals surface area (Å²) in [6, 6.07) is 11.2. The summed E-state index contributed by atoms with van der Waals surface area (Å²) >= 11 is 5.88. The third-order valence-electron chi connectivity index (χ3n) is 5.83. The van der Waals surface area contributed by atoms with E-state index >= 15 is 0 Å². The quantitative estimate of drug-likeness (QED) is 0.684. The van der Waals surface area contributed by atoms with Crippen LogP contribution >= 0.6 is 11.6 Å². The van der Waals surface area contributed by atoms with E-state index in [-0.39, 0.29) is 17.3 Å². The summed E-state index contributed by atoms with van der Waals surface area (Å²) < 4.78 is 52.6. The van der Waals surface area contributed by atoms with Gasteiger partial charge in [0, 0.05) is 30.3 Å². The van der Waals surface area contributed by atoms with E-state index in [4.69, 9.17) is 11.6 Å². The summed E-state index contributed by atoms with van der Waals surface area (Å²) in [6.07, 6.45) is 2.92. The highest BCUT2D eigenvalue weighted by molar-refractivity contribution is 7.92. The van der Waals surface area contributed by atoms with Gasteiger partial charge in [-0.1, -0.05) is 17.7 Å². The van der Waals surface area contributed by atoms with Gasteiger partial charge in [-0.15, -0.1) is 0 Å². The predicted octanol–water partition coefficient (Wildman–Crippen LogP) is 2.70. The van der Waals surface area contributed by atoms with Gasteiger partial charge >= 0.3 is 0 Å². The second-order valence-corrected chi connectivity index (χ2v) is 12.4. The molecule has 2 aliphatic rings. The Morgan fingerprint density at radius 3 is 2.47 bits per heavy atom. The Morgan fingerprint density at radius 1 is 1.06 bits per heavy atom. The summed E-state index contributed by atoms with van der Waals surface area (Å²) in [6.45, 7) is 0.870. The van der Waals surface area contributed by atoms with Gasteiger partial charge in [0.05, 0.1) is 22.8 Å². The van der Waals surface area contributed by atoms with Crippen molar-refractivity contribution in [2.75, 3.05) is 35.5 Å². The van der Waals surface area contributed by atoms with E-state index < -0.39 is 26.0 Å². The maximum Gasteiger partial charge on any atom is 0.264 e. The molecular weight excluding hydrogens is 474 g/mol. The van der Waals surface area contributed by atoms with Crippen LogP contribution in [0.2, 0.25) is 5.02 Å². The maximum absolute atomic E-state index is 13.2. The van der Waals surface area contributed by atoms with Crippen molar-refractivity contribution in [2.24, 2.45) is 5.92 Å². The van der Waals surface area contributed by atoms with Crippen LogP contribution in [0.25, 0.3) is 0 Å². The molecule has 1 amide bonds. The molecule has 32 heavy (non-hydrogen) atoms. The number of benzene rings is 2. The number of nitrogens with one attached hydrogen (secondary N) is 1. The molecule has 1 atom stereocenters. The molecule has 172 valence electrons. The molecule has 2 heterocycles. The molecule has 1 fully saturated rings. The molecule has 1 saturated heterocycles. The number of nitrogens with zero attached hydrogens (tertiary/aromatic N) is 2. The fourth-order valence-corrected chi connectivity index (χ4v) is 6.65. The van der Waals surface area contributed by atoms with Crippen molar-refractivity contribution in [3.63, 3.8) is 0 Å². The maximum atomic E-state index is 13.2. The van der Waals surface area contributed by atoms with Crippen molar-refractivity contribution in [3.8, 4) is 0 Å². The molecule has 0 bridgehead atoms. The number of hydrogen-bond donors (Lipinski definition) is 1. The number of amides is 1. The Morgan fingerprint density at radius 2 is 1.78 bits per heavy atom. The summed E-state index contributed by atoms with van der Waals surface area (Å²) in [5.41, 5.74) is 1.88. The smallest absolute Gasteiger partial charge is 0.264 e. The molecule has 11 heteroatoms. The topological polar surface area (TPSA) is 104 Å². The van der Waals surface area contributed by atoms with E-state index in [2.05, 4.69) is 5.32 Å². The molecule has 2 aliphatic heterocycles. The largest absolute Gasteiger partial charge is 0.326 e. The SMILES string of the molecule is CS(=O)(=O)N1CCCC(C(=O)Nc2ccc3c(c2)N(S(=O)(=O)c2ccc(Cl)cc2)CC3)C1. The third kappa shape index (κ3) is 4.63. The van der Waals surface area contributed by atoms with Crippen LogP contribution in [-0.4, -0.2) is 52.9 Å². The summed E-state index contributed by atoms with van der Waals surface area (Å²) in [4.78, 5) is 12.9. The minimum atomic E-state index is -3.77. The van der Waals surface area contributed by atoms with Crippen molar-refractivity contribution in [3.05, 3.63) is 53.1 Å². The number of sulfonamides is 2. The van der Waals surface area contributed by atoms with Crippen molar-refractivity contribution >= 4 is 48.9 Å². The van der Waals surface area contributed by atoms with E-state index in [1.54, 1.807) is 12.1 Å². The first-order valence-electron chi connectivity index (χ1n) is 10.2. The highest BCUT2D eigenvalue weighted by Gasteiger charge is 2.33. The van der Waals surface area contributed by atoms with Gasteiger partial charge in [0.15, 0.2) is 0 Å². The molecule has 0 saturated carbocycles. The minimum Gasteiger partial charge on any atom is -0.326 e. The second kappa shape index (κ2) is 8.66. The lowest BCUT2D eigenvalue weighted by Gasteiger charge is -2.30. The van der Waals surface area contributed by atoms with Crippen LogP contribution in [0.1, 0.15) is 18.4 Å². The molecule has 1 N–H and O–H groups in total. The molecule has 0 aromatic heterocycles. The van der Waals surface area contributed by atoms with Crippen molar-refractivity contribution in [1.29, 1.82) is 0 Å². The third-order valence-corrected chi connectivity index (χ3v) is 9.18. The van der Waals surface area contributed by atoms with Gasteiger partial charge in [0.2, 0.25) is 15.9 Å². The fraction of sp³-hybridized carbons (Fsp3) is 0.381. The first-order valence-corrected chi connectivity index (χ1v) is 13.9. The number of halogens is 1. The molecule has 0 radical (unpaired) electrons. The molecule has 2 aromatic rings. The molecule has 2 aromatic carbocycles. The molecule has 0 aliphatic carbocycles. The van der Waals surface area contributed by atoms with Crippen molar-refractivity contribution < 1.29 is 21.6 Å². The Hall–Kier alpha value is -2.14. The van der Waals surface area contributed by atoms with Crippen LogP contribution in [0.15, 0.2) is 47.4 Å². The van der Waals surface area contributed by atoms with Crippen LogP contribution < -0.4 is 9.62 Å². The van der Waals surface area contributed by atoms with Gasteiger partial charge in [-0.3, -0.25) is 9.10 Å². The summed E-state index contributed by atoms with van der Waals surface area (Å²) in [5.74, 6) is -0.732. The van der Waals surface area contributed by atoms with Crippen LogP contribution in [0.3, 0.4) is 0 Å². The van der Waals surface area contributed by atoms with E-state index in [1.165, 1.54) is 32.9 Å². The van der Waals surface area contributed by atoms with Crippen LogP contribution in [0, 0.1) is 5.92 Å². The van der Waals surface area contributed by atoms with E-state index in [9.17, 15) is 21.6 Å². The van der Waals surface area contributed by atoms with Crippen LogP contribution in [-0.2, 0) is 31.3 Å². The first kappa shape index (κ1) is 23.0. The Balaban J connectivity index is 1.54. The van der Waals surface area contributed by atoms with E-state index in [0.29, 0.717) is 48.7 Å². The normalized spacial score (nSPS) is 19.6. The zero-order chi connectivity index (χ0) is 23.1. The molecule has 0 spiro atoms. The number of carbonyl (C=O) groups is 1. The molecular formula is C21H24ClN3O5S2. The Bertz CT molecular complexity index is 1250. The van der Waals surface area contributed by atoms with Gasteiger partial charge in [0.1, 0.15) is 0 Å². The number of anilines is 2. The van der Waals surface area contributed by atoms with Gasteiger partial charge in [-0.05, 0) is 61.2 Å². The lowest BCUT2D eigenvalue weighted by Crippen LogP contribution is -2.43. The van der Waals surface area contributed by atoms with E-state index in [0.717, 1.165) is 11.8 Å². The highest BCUT2D eigenvalue weighted by atomic mass is 35.5. The number of fused-ring (bicyclic) bond motifs is 1. The molecule has 1 unspecified atom stereocenters. The molecule has 8 nitrogen and oxygen atoms in total. The van der Waals surface area contributed by atoms with Gasteiger partial charge in [-0.2, -0.15) is 0 Å². The Kier molecular flexibility index (Phi) is 6.23. The van der Waals surface area contributed by atoms with Crippen LogP contribution in [0.4, 0.5) is 11.4 Å². The summed E-state index contributed by atoms with van der Waals surface area (Å²) in [5, 5.41) is 3.29. The van der Waals surface area contributed by atoms with Gasteiger partial charge in [-0.25, -0.2) is 21.1 Å². The number of hydrogen-bond acceptors (Lipinski definition) is 5. The number of carbonyl (C=O) groups excluding carboxylic acids is 1. The zero-order valence-electron chi connectivity index (χ0n) is 17.5. The monoisotopic (exact) mass is 497 g/mol. The predicted molar refractivity (Wildman–Crippen MR) is 124 cm³/mol. The standard InChI is InChI=1S/C21H24ClN3O5S2/c1-31(27,28)24-11-2-3-16(14-24)21(26)23-18-7-4-15-10-12-25(20(15)13-18)32(29,30)19-8-5-17(22)6-9-19/h4-9,13,16H,2-3,10-12,14H2,1H3,(H,23,26). The first-order chi connectivity index (χ1) is 15.1. The number of rotatable bonds is 5. The number of piperidine rings is 1. The minimum absolute atomic E-state index is 0.146. The van der Waals surface area contributed by atoms with Crippen molar-refractivity contribution in [2.45, 2.75) is 24.2 Å². The zero-order valence-corrected chi connectivity index (χ0v) is 19.9. The average molecular weight is 498 g/mol. The lowest BCUT2D eigenvalue weighted by atomic mass is 9.98. The fourth-order valence-electron chi connectivity index (χ4n) is 4.11. The summed E-state index contributed by atoms with van der Waals surface area (Å²) in [7, 11) is -7.12. The molecule has 4 rings (SSSR count). The Labute approximate surface area is 193 Å². The highest BCUT2D eigenvalue weighted by Crippen LogP contribution is 2.35. The van der Waals surface area contributed by atoms with Crippen molar-refractivity contribution in [1.82, 2.24) is 4.31 Å². The van der Waals surface area contributed by atoms with E-state index in [1.807, 2.05) is 6.07 Å².